The first-order chi connectivity index (χ1) is 9.49. The molecule has 0 aromatic heterocycles. The molecule has 0 radical (unpaired) electrons. The average molecular weight is 296 g/mol. The molecule has 6 heteroatoms. The van der Waals surface area contributed by atoms with Gasteiger partial charge < -0.3 is 15.5 Å². The van der Waals surface area contributed by atoms with Gasteiger partial charge in [0.05, 0.1) is 10.6 Å². The van der Waals surface area contributed by atoms with Crippen molar-refractivity contribution >= 4 is 23.3 Å². The topological polar surface area (TPSA) is 69.6 Å². The molecule has 0 saturated heterocycles. The summed E-state index contributed by atoms with van der Waals surface area (Å²) in [5.74, 6) is -2.17. The number of phenolic OH excluding ortho intramolecular Hbond substituents is 1. The van der Waals surface area contributed by atoms with Crippen LogP contribution in [0.1, 0.15) is 15.9 Å². The van der Waals surface area contributed by atoms with Gasteiger partial charge in [-0.1, -0.05) is 23.7 Å². The molecule has 0 unspecified atom stereocenters. The fourth-order valence-corrected chi connectivity index (χ4v) is 1.89. The van der Waals surface area contributed by atoms with Gasteiger partial charge in [0.25, 0.3) is 0 Å². The molecule has 0 spiro atoms. The third-order valence-corrected chi connectivity index (χ3v) is 3.06. The number of aromatic hydroxyl groups is 1. The SMILES string of the molecule is O=C(O)c1cc(NCc2cccc(Cl)c2O)ccc1F. The molecule has 0 saturated carbocycles. The van der Waals surface area contributed by atoms with Crippen molar-refractivity contribution in [2.24, 2.45) is 0 Å². The summed E-state index contributed by atoms with van der Waals surface area (Å²) in [7, 11) is 0. The number of hydrogen-bond donors (Lipinski definition) is 3. The van der Waals surface area contributed by atoms with Gasteiger partial charge in [-0.05, 0) is 24.3 Å². The van der Waals surface area contributed by atoms with E-state index in [-0.39, 0.29) is 17.3 Å². The fraction of sp³-hybridized carbons (Fsp3) is 0.0714. The number of carboxylic acid groups (broad SMARTS) is 1. The van der Waals surface area contributed by atoms with Gasteiger partial charge in [-0.15, -0.1) is 0 Å². The van der Waals surface area contributed by atoms with Gasteiger partial charge in [0, 0.05) is 17.8 Å². The van der Waals surface area contributed by atoms with Crippen molar-refractivity contribution in [2.45, 2.75) is 6.54 Å². The second-order valence-corrected chi connectivity index (χ2v) is 4.51. The van der Waals surface area contributed by atoms with Gasteiger partial charge in [0.2, 0.25) is 0 Å². The minimum absolute atomic E-state index is 0.0396. The number of carbonyl (C=O) groups is 1. The number of phenols is 1. The number of carboxylic acids is 1. The van der Waals surface area contributed by atoms with E-state index in [1.54, 1.807) is 18.2 Å². The molecule has 2 rings (SSSR count). The molecule has 2 aromatic carbocycles. The van der Waals surface area contributed by atoms with E-state index < -0.39 is 17.3 Å². The number of hydrogen-bond acceptors (Lipinski definition) is 3. The molecule has 0 heterocycles. The molecule has 0 fully saturated rings. The van der Waals surface area contributed by atoms with E-state index in [0.29, 0.717) is 11.3 Å². The summed E-state index contributed by atoms with van der Waals surface area (Å²) in [5.41, 5.74) is 0.576. The molecule has 0 amide bonds. The highest BCUT2D eigenvalue weighted by Crippen LogP contribution is 2.27. The van der Waals surface area contributed by atoms with Crippen LogP contribution in [0.2, 0.25) is 5.02 Å². The quantitative estimate of drug-likeness (QED) is 0.807. The minimum Gasteiger partial charge on any atom is -0.506 e. The van der Waals surface area contributed by atoms with Crippen LogP contribution < -0.4 is 5.32 Å². The van der Waals surface area contributed by atoms with Crippen molar-refractivity contribution in [3.8, 4) is 5.75 Å². The molecular formula is C14H11ClFNO3. The molecular weight excluding hydrogens is 285 g/mol. The summed E-state index contributed by atoms with van der Waals surface area (Å²) in [6.07, 6.45) is 0. The van der Waals surface area contributed by atoms with Crippen molar-refractivity contribution in [1.29, 1.82) is 0 Å². The Balaban J connectivity index is 2.17. The lowest BCUT2D eigenvalue weighted by molar-refractivity contribution is 0.0692. The van der Waals surface area contributed by atoms with Crippen molar-refractivity contribution in [3.63, 3.8) is 0 Å². The molecule has 3 N–H and O–H groups in total. The lowest BCUT2D eigenvalue weighted by atomic mass is 10.1. The van der Waals surface area contributed by atoms with E-state index >= 15 is 0 Å². The van der Waals surface area contributed by atoms with E-state index in [9.17, 15) is 14.3 Å². The number of para-hydroxylation sites is 1. The molecule has 4 nitrogen and oxygen atoms in total. The Kier molecular flexibility index (Phi) is 4.10. The molecule has 0 aliphatic carbocycles. The molecule has 104 valence electrons. The molecule has 0 bridgehead atoms. The summed E-state index contributed by atoms with van der Waals surface area (Å²) in [4.78, 5) is 10.8. The zero-order valence-electron chi connectivity index (χ0n) is 10.2. The largest absolute Gasteiger partial charge is 0.506 e. The summed E-state index contributed by atoms with van der Waals surface area (Å²) >= 11 is 5.78. The Hall–Kier alpha value is -2.27. The summed E-state index contributed by atoms with van der Waals surface area (Å²) in [6.45, 7) is 0.233. The number of benzene rings is 2. The molecule has 0 aliphatic heterocycles. The first-order valence-electron chi connectivity index (χ1n) is 5.72. The molecule has 0 aliphatic rings. The lowest BCUT2D eigenvalue weighted by Gasteiger charge is -2.10. The Labute approximate surface area is 119 Å². The van der Waals surface area contributed by atoms with Gasteiger partial charge >= 0.3 is 5.97 Å². The second kappa shape index (κ2) is 5.79. The predicted octanol–water partition coefficient (Wildman–Crippen LogP) is 3.50. The number of nitrogens with one attached hydrogen (secondary N) is 1. The fourth-order valence-electron chi connectivity index (χ4n) is 1.70. The van der Waals surface area contributed by atoms with Gasteiger partial charge in [-0.3, -0.25) is 0 Å². The minimum atomic E-state index is -1.34. The summed E-state index contributed by atoms with van der Waals surface area (Å²) in [6, 6.07) is 8.61. The smallest absolute Gasteiger partial charge is 0.338 e. The summed E-state index contributed by atoms with van der Waals surface area (Å²) < 4.78 is 13.2. The molecule has 0 atom stereocenters. The number of rotatable bonds is 4. The maximum absolute atomic E-state index is 13.2. The number of anilines is 1. The number of halogens is 2. The Morgan fingerprint density at radius 1 is 1.30 bits per heavy atom. The van der Waals surface area contributed by atoms with Crippen molar-refractivity contribution in [2.75, 3.05) is 5.32 Å². The van der Waals surface area contributed by atoms with E-state index in [4.69, 9.17) is 16.7 Å². The van der Waals surface area contributed by atoms with Gasteiger partial charge in [-0.2, -0.15) is 0 Å². The first-order valence-corrected chi connectivity index (χ1v) is 6.10. The van der Waals surface area contributed by atoms with Crippen LogP contribution in [0, 0.1) is 5.82 Å². The highest BCUT2D eigenvalue weighted by molar-refractivity contribution is 6.32. The lowest BCUT2D eigenvalue weighted by Crippen LogP contribution is -2.04. The maximum atomic E-state index is 13.2. The van der Waals surface area contributed by atoms with Crippen LogP contribution in [0.25, 0.3) is 0 Å². The van der Waals surface area contributed by atoms with Crippen molar-refractivity contribution in [3.05, 3.63) is 58.4 Å². The van der Waals surface area contributed by atoms with Gasteiger partial charge in [0.1, 0.15) is 11.6 Å². The third-order valence-electron chi connectivity index (χ3n) is 2.75. The van der Waals surface area contributed by atoms with Gasteiger partial charge in [-0.25, -0.2) is 9.18 Å². The standard InChI is InChI=1S/C14H11ClFNO3/c15-11-3-1-2-8(13(11)18)7-17-9-4-5-12(16)10(6-9)14(19)20/h1-6,17-18H,7H2,(H,19,20). The van der Waals surface area contributed by atoms with Crippen LogP contribution in [-0.4, -0.2) is 16.2 Å². The van der Waals surface area contributed by atoms with E-state index in [2.05, 4.69) is 5.32 Å². The second-order valence-electron chi connectivity index (χ2n) is 4.10. The monoisotopic (exact) mass is 295 g/mol. The predicted molar refractivity (Wildman–Crippen MR) is 73.8 cm³/mol. The molecule has 20 heavy (non-hydrogen) atoms. The highest BCUT2D eigenvalue weighted by atomic mass is 35.5. The van der Waals surface area contributed by atoms with Crippen LogP contribution >= 0.6 is 11.6 Å². The van der Waals surface area contributed by atoms with Crippen molar-refractivity contribution < 1.29 is 19.4 Å². The van der Waals surface area contributed by atoms with E-state index in [1.165, 1.54) is 12.1 Å². The zero-order chi connectivity index (χ0) is 14.7. The Morgan fingerprint density at radius 3 is 2.75 bits per heavy atom. The Morgan fingerprint density at radius 2 is 2.05 bits per heavy atom. The number of aromatic carboxylic acids is 1. The van der Waals surface area contributed by atoms with Crippen LogP contribution in [0.3, 0.4) is 0 Å². The van der Waals surface area contributed by atoms with Crippen LogP contribution in [0.5, 0.6) is 5.75 Å². The van der Waals surface area contributed by atoms with E-state index in [1.807, 2.05) is 0 Å². The van der Waals surface area contributed by atoms with Crippen LogP contribution in [0.4, 0.5) is 10.1 Å². The zero-order valence-corrected chi connectivity index (χ0v) is 11.0. The van der Waals surface area contributed by atoms with E-state index in [0.717, 1.165) is 6.07 Å². The summed E-state index contributed by atoms with van der Waals surface area (Å²) in [5, 5.41) is 21.7. The normalized spacial score (nSPS) is 10.3. The first kappa shape index (κ1) is 14.1. The van der Waals surface area contributed by atoms with Crippen molar-refractivity contribution in [1.82, 2.24) is 0 Å². The van der Waals surface area contributed by atoms with Crippen LogP contribution in [0.15, 0.2) is 36.4 Å². The highest BCUT2D eigenvalue weighted by Gasteiger charge is 2.11. The van der Waals surface area contributed by atoms with Crippen LogP contribution in [-0.2, 0) is 6.54 Å². The van der Waals surface area contributed by atoms with Gasteiger partial charge in [0.15, 0.2) is 0 Å². The third kappa shape index (κ3) is 3.00. The molecule has 2 aromatic rings. The maximum Gasteiger partial charge on any atom is 0.338 e. The average Bonchev–Trinajstić information content (AvgIpc) is 2.41. The Bertz CT molecular complexity index is 661.